The zero-order valence-corrected chi connectivity index (χ0v) is 11.9. The molecule has 1 heterocycles. The van der Waals surface area contributed by atoms with Gasteiger partial charge in [0, 0.05) is 11.9 Å². The van der Waals surface area contributed by atoms with E-state index in [9.17, 15) is 4.79 Å². The van der Waals surface area contributed by atoms with Crippen molar-refractivity contribution in [2.75, 3.05) is 7.05 Å². The molecule has 0 aliphatic heterocycles. The molecular weight excluding hydrogens is 258 g/mol. The Morgan fingerprint density at radius 1 is 1.42 bits per heavy atom. The first-order valence-electron chi connectivity index (χ1n) is 6.04. The van der Waals surface area contributed by atoms with Crippen LogP contribution in [-0.4, -0.2) is 22.8 Å². The van der Waals surface area contributed by atoms with E-state index in [1.807, 2.05) is 37.3 Å². The van der Waals surface area contributed by atoms with Crippen LogP contribution < -0.4 is 5.73 Å². The first kappa shape index (κ1) is 13.7. The van der Waals surface area contributed by atoms with Gasteiger partial charge in [0.15, 0.2) is 0 Å². The molecule has 0 saturated heterocycles. The van der Waals surface area contributed by atoms with E-state index in [0.29, 0.717) is 6.54 Å². The molecule has 2 rings (SSSR count). The summed E-state index contributed by atoms with van der Waals surface area (Å²) in [5.74, 6) is -0.0843. The molecule has 0 aliphatic carbocycles. The molecule has 0 radical (unpaired) electrons. The van der Waals surface area contributed by atoms with E-state index in [2.05, 4.69) is 4.98 Å². The largest absolute Gasteiger partial charge is 0.339 e. The summed E-state index contributed by atoms with van der Waals surface area (Å²) >= 11 is 1.56. The Labute approximate surface area is 116 Å². The van der Waals surface area contributed by atoms with Crippen LogP contribution in [0.5, 0.6) is 0 Å². The molecule has 0 aliphatic rings. The third-order valence-corrected chi connectivity index (χ3v) is 3.95. The van der Waals surface area contributed by atoms with Gasteiger partial charge in [0.25, 0.3) is 0 Å². The average molecular weight is 275 g/mol. The first-order chi connectivity index (χ1) is 9.09. The van der Waals surface area contributed by atoms with Crippen LogP contribution in [0.1, 0.15) is 22.2 Å². The molecule has 19 heavy (non-hydrogen) atoms. The van der Waals surface area contributed by atoms with Crippen molar-refractivity contribution in [1.29, 1.82) is 0 Å². The number of amides is 1. The van der Waals surface area contributed by atoms with Gasteiger partial charge in [-0.25, -0.2) is 4.98 Å². The Balaban J connectivity index is 2.05. The number of likely N-dealkylation sites (N-methyl/N-ethyl adjacent to an activating group) is 1. The van der Waals surface area contributed by atoms with Crippen LogP contribution in [0.25, 0.3) is 0 Å². The first-order valence-corrected chi connectivity index (χ1v) is 6.92. The number of nitrogens with zero attached hydrogens (tertiary/aromatic N) is 2. The molecule has 1 amide bonds. The van der Waals surface area contributed by atoms with Crippen molar-refractivity contribution in [2.45, 2.75) is 19.5 Å². The van der Waals surface area contributed by atoms with E-state index in [-0.39, 0.29) is 5.91 Å². The lowest BCUT2D eigenvalue weighted by molar-refractivity contribution is -0.131. The Morgan fingerprint density at radius 2 is 2.11 bits per heavy atom. The lowest BCUT2D eigenvalue weighted by Gasteiger charge is -2.21. The fourth-order valence-electron chi connectivity index (χ4n) is 1.81. The van der Waals surface area contributed by atoms with Crippen molar-refractivity contribution in [3.05, 3.63) is 52.0 Å². The molecule has 1 aromatic heterocycles. The topological polar surface area (TPSA) is 59.2 Å². The molecule has 5 heteroatoms. The van der Waals surface area contributed by atoms with Gasteiger partial charge >= 0.3 is 0 Å². The predicted molar refractivity (Wildman–Crippen MR) is 76.7 cm³/mol. The molecule has 0 fully saturated rings. The van der Waals surface area contributed by atoms with Crippen molar-refractivity contribution in [3.63, 3.8) is 0 Å². The maximum absolute atomic E-state index is 12.3. The van der Waals surface area contributed by atoms with Gasteiger partial charge in [0.05, 0.1) is 17.7 Å². The lowest BCUT2D eigenvalue weighted by Crippen LogP contribution is -2.35. The highest BCUT2D eigenvalue weighted by Gasteiger charge is 2.20. The van der Waals surface area contributed by atoms with Gasteiger partial charge in [0.1, 0.15) is 6.04 Å². The van der Waals surface area contributed by atoms with Gasteiger partial charge in [-0.05, 0) is 12.5 Å². The van der Waals surface area contributed by atoms with Crippen LogP contribution in [0, 0.1) is 6.92 Å². The molecule has 2 N–H and O–H groups in total. The van der Waals surface area contributed by atoms with E-state index >= 15 is 0 Å². The summed E-state index contributed by atoms with van der Waals surface area (Å²) in [6.07, 6.45) is 0. The van der Waals surface area contributed by atoms with Gasteiger partial charge in [0.2, 0.25) is 5.91 Å². The van der Waals surface area contributed by atoms with E-state index in [4.69, 9.17) is 5.73 Å². The summed E-state index contributed by atoms with van der Waals surface area (Å²) in [6, 6.07) is 8.80. The van der Waals surface area contributed by atoms with Gasteiger partial charge in [-0.1, -0.05) is 30.3 Å². The van der Waals surface area contributed by atoms with Crippen LogP contribution >= 0.6 is 11.3 Å². The SMILES string of the molecule is Cc1ncsc1CN(C)C(=O)C(N)c1ccccc1. The molecule has 0 saturated carbocycles. The van der Waals surface area contributed by atoms with E-state index in [0.717, 1.165) is 16.1 Å². The Hall–Kier alpha value is -1.72. The second kappa shape index (κ2) is 5.95. The highest BCUT2D eigenvalue weighted by Crippen LogP contribution is 2.17. The predicted octanol–water partition coefficient (Wildman–Crippen LogP) is 2.11. The van der Waals surface area contributed by atoms with E-state index in [1.165, 1.54) is 0 Å². The van der Waals surface area contributed by atoms with Crippen LogP contribution in [-0.2, 0) is 11.3 Å². The van der Waals surface area contributed by atoms with Crippen LogP contribution in [0.4, 0.5) is 0 Å². The summed E-state index contributed by atoms with van der Waals surface area (Å²) in [5.41, 5.74) is 9.60. The molecule has 2 aromatic rings. The van der Waals surface area contributed by atoms with Crippen molar-refractivity contribution in [3.8, 4) is 0 Å². The van der Waals surface area contributed by atoms with Crippen LogP contribution in [0.3, 0.4) is 0 Å². The molecule has 1 atom stereocenters. The minimum atomic E-state index is -0.612. The Kier molecular flexibility index (Phi) is 4.29. The number of thiazole rings is 1. The smallest absolute Gasteiger partial charge is 0.244 e. The van der Waals surface area contributed by atoms with Gasteiger partial charge in [-0.15, -0.1) is 11.3 Å². The zero-order valence-electron chi connectivity index (χ0n) is 11.0. The Bertz CT molecular complexity index is 553. The van der Waals surface area contributed by atoms with Crippen molar-refractivity contribution in [2.24, 2.45) is 5.73 Å². The summed E-state index contributed by atoms with van der Waals surface area (Å²) in [7, 11) is 1.77. The fourth-order valence-corrected chi connectivity index (χ4v) is 2.64. The van der Waals surface area contributed by atoms with E-state index in [1.54, 1.807) is 28.8 Å². The number of aryl methyl sites for hydroxylation is 1. The van der Waals surface area contributed by atoms with Gasteiger partial charge < -0.3 is 10.6 Å². The number of aromatic nitrogens is 1. The van der Waals surface area contributed by atoms with Crippen LogP contribution in [0.2, 0.25) is 0 Å². The quantitative estimate of drug-likeness (QED) is 0.929. The monoisotopic (exact) mass is 275 g/mol. The average Bonchev–Trinajstić information content (AvgIpc) is 2.83. The van der Waals surface area contributed by atoms with Crippen molar-refractivity contribution < 1.29 is 4.79 Å². The fraction of sp³-hybridized carbons (Fsp3) is 0.286. The molecule has 1 unspecified atom stereocenters. The number of rotatable bonds is 4. The number of hydrogen-bond donors (Lipinski definition) is 1. The normalized spacial score (nSPS) is 12.2. The number of hydrogen-bond acceptors (Lipinski definition) is 4. The maximum Gasteiger partial charge on any atom is 0.244 e. The molecule has 0 bridgehead atoms. The molecular formula is C14H17N3OS. The summed E-state index contributed by atoms with van der Waals surface area (Å²) in [4.78, 5) is 19.2. The van der Waals surface area contributed by atoms with Gasteiger partial charge in [-0.3, -0.25) is 4.79 Å². The maximum atomic E-state index is 12.3. The third-order valence-electron chi connectivity index (χ3n) is 3.03. The van der Waals surface area contributed by atoms with Crippen LogP contribution in [0.15, 0.2) is 35.8 Å². The Morgan fingerprint density at radius 3 is 2.68 bits per heavy atom. The highest BCUT2D eigenvalue weighted by atomic mass is 32.1. The second-order valence-electron chi connectivity index (χ2n) is 4.44. The number of nitrogens with two attached hydrogens (primary N) is 1. The van der Waals surface area contributed by atoms with Gasteiger partial charge in [-0.2, -0.15) is 0 Å². The summed E-state index contributed by atoms with van der Waals surface area (Å²) < 4.78 is 0. The molecule has 4 nitrogen and oxygen atoms in total. The van der Waals surface area contributed by atoms with E-state index < -0.39 is 6.04 Å². The summed E-state index contributed by atoms with van der Waals surface area (Å²) in [6.45, 7) is 2.50. The lowest BCUT2D eigenvalue weighted by atomic mass is 10.1. The summed E-state index contributed by atoms with van der Waals surface area (Å²) in [5, 5.41) is 0. The number of carbonyl (C=O) groups is 1. The van der Waals surface area contributed by atoms with Crippen molar-refractivity contribution in [1.82, 2.24) is 9.88 Å². The molecule has 1 aromatic carbocycles. The highest BCUT2D eigenvalue weighted by molar-refractivity contribution is 7.09. The zero-order chi connectivity index (χ0) is 13.8. The molecule has 0 spiro atoms. The second-order valence-corrected chi connectivity index (χ2v) is 5.38. The van der Waals surface area contributed by atoms with Crippen molar-refractivity contribution >= 4 is 17.2 Å². The standard InChI is InChI=1S/C14H17N3OS/c1-10-12(19-9-16-10)8-17(2)14(18)13(15)11-6-4-3-5-7-11/h3-7,9,13H,8,15H2,1-2H3. The third kappa shape index (κ3) is 3.19. The number of benzene rings is 1. The minimum Gasteiger partial charge on any atom is -0.339 e. The molecule has 100 valence electrons. The minimum absolute atomic E-state index is 0.0843. The number of carbonyl (C=O) groups excluding carboxylic acids is 1.